The van der Waals surface area contributed by atoms with Crippen LogP contribution in [-0.4, -0.2) is 43.3 Å². The number of hydrogen-bond donors (Lipinski definition) is 1. The van der Waals surface area contributed by atoms with Crippen molar-refractivity contribution in [3.63, 3.8) is 0 Å². The predicted octanol–water partition coefficient (Wildman–Crippen LogP) is 1.23. The monoisotopic (exact) mass is 200 g/mol. The van der Waals surface area contributed by atoms with Gasteiger partial charge in [-0.1, -0.05) is 13.8 Å². The summed E-state index contributed by atoms with van der Waals surface area (Å²) in [6.45, 7) is 9.17. The Kier molecular flexibility index (Phi) is 4.85. The summed E-state index contributed by atoms with van der Waals surface area (Å²) in [5, 5.41) is 0. The van der Waals surface area contributed by atoms with E-state index in [1.807, 2.05) is 0 Å². The van der Waals surface area contributed by atoms with Crippen molar-refractivity contribution in [2.24, 2.45) is 5.73 Å². The molecule has 0 aromatic rings. The molecule has 0 aromatic heterocycles. The van der Waals surface area contributed by atoms with Gasteiger partial charge in [0, 0.05) is 13.2 Å². The van der Waals surface area contributed by atoms with Crippen LogP contribution in [0.25, 0.3) is 0 Å². The second kappa shape index (κ2) is 5.69. The second-order valence-corrected chi connectivity index (χ2v) is 4.22. The number of nitrogens with two attached hydrogens (primary N) is 1. The molecule has 3 heteroatoms. The minimum atomic E-state index is 0.145. The zero-order chi connectivity index (χ0) is 10.4. The molecule has 2 N–H and O–H groups in total. The Bertz CT molecular complexity index is 149. The molecule has 84 valence electrons. The Labute approximate surface area is 87.6 Å². The van der Waals surface area contributed by atoms with Crippen LogP contribution in [0.4, 0.5) is 0 Å². The maximum Gasteiger partial charge on any atom is 0.0663 e. The third-order valence-electron chi connectivity index (χ3n) is 3.12. The fraction of sp³-hybridized carbons (Fsp3) is 1.00. The van der Waals surface area contributed by atoms with Crippen molar-refractivity contribution < 1.29 is 4.74 Å². The Morgan fingerprint density at radius 2 is 1.93 bits per heavy atom. The molecule has 0 bridgehead atoms. The molecule has 0 saturated carbocycles. The molecule has 1 rings (SSSR count). The number of rotatable bonds is 6. The van der Waals surface area contributed by atoms with Gasteiger partial charge in [0.15, 0.2) is 0 Å². The minimum absolute atomic E-state index is 0.145. The van der Waals surface area contributed by atoms with Crippen LogP contribution in [-0.2, 0) is 4.74 Å². The highest BCUT2D eigenvalue weighted by atomic mass is 16.5. The van der Waals surface area contributed by atoms with Gasteiger partial charge in [-0.25, -0.2) is 0 Å². The van der Waals surface area contributed by atoms with E-state index >= 15 is 0 Å². The summed E-state index contributed by atoms with van der Waals surface area (Å²) in [7, 11) is 0. The average Bonchev–Trinajstić information content (AvgIpc) is 2.67. The summed E-state index contributed by atoms with van der Waals surface area (Å²) in [6, 6.07) is 0. The van der Waals surface area contributed by atoms with Gasteiger partial charge in [0.1, 0.15) is 0 Å². The molecule has 1 aliphatic heterocycles. The smallest absolute Gasteiger partial charge is 0.0663 e. The molecule has 0 aromatic carbocycles. The van der Waals surface area contributed by atoms with Crippen molar-refractivity contribution in [1.82, 2.24) is 4.90 Å². The van der Waals surface area contributed by atoms with Crippen LogP contribution < -0.4 is 5.73 Å². The highest BCUT2D eigenvalue weighted by molar-refractivity contribution is 4.94. The minimum Gasteiger partial charge on any atom is -0.379 e. The molecule has 1 fully saturated rings. The molecule has 3 nitrogen and oxygen atoms in total. The summed E-state index contributed by atoms with van der Waals surface area (Å²) in [5.41, 5.74) is 6.05. The van der Waals surface area contributed by atoms with E-state index in [4.69, 9.17) is 10.5 Å². The summed E-state index contributed by atoms with van der Waals surface area (Å²) >= 11 is 0. The van der Waals surface area contributed by atoms with Gasteiger partial charge in [-0.2, -0.15) is 0 Å². The van der Waals surface area contributed by atoms with E-state index in [2.05, 4.69) is 18.7 Å². The van der Waals surface area contributed by atoms with Crippen LogP contribution in [0.5, 0.6) is 0 Å². The third-order valence-corrected chi connectivity index (χ3v) is 3.12. The predicted molar refractivity (Wildman–Crippen MR) is 59.4 cm³/mol. The van der Waals surface area contributed by atoms with Crippen LogP contribution >= 0.6 is 0 Å². The Morgan fingerprint density at radius 1 is 1.29 bits per heavy atom. The van der Waals surface area contributed by atoms with Crippen molar-refractivity contribution in [3.05, 3.63) is 0 Å². The van der Waals surface area contributed by atoms with Gasteiger partial charge in [-0.05, 0) is 32.4 Å². The van der Waals surface area contributed by atoms with Crippen molar-refractivity contribution in [3.8, 4) is 0 Å². The standard InChI is InChI=1S/C11H24N2O/c1-3-6-13(7-4-2)11(9-12)5-8-14-10-11/h3-10,12H2,1-2H3. The molecule has 0 aliphatic carbocycles. The van der Waals surface area contributed by atoms with Crippen LogP contribution in [0.1, 0.15) is 33.1 Å². The Hall–Kier alpha value is -0.120. The number of ether oxygens (including phenoxy) is 1. The summed E-state index contributed by atoms with van der Waals surface area (Å²) in [5.74, 6) is 0. The molecule has 0 radical (unpaired) electrons. The largest absolute Gasteiger partial charge is 0.379 e. The number of hydrogen-bond acceptors (Lipinski definition) is 3. The molecular formula is C11H24N2O. The van der Waals surface area contributed by atoms with E-state index in [0.717, 1.165) is 39.3 Å². The van der Waals surface area contributed by atoms with E-state index in [-0.39, 0.29) is 5.54 Å². The average molecular weight is 200 g/mol. The SMILES string of the molecule is CCCN(CCC)C1(CN)CCOC1. The van der Waals surface area contributed by atoms with E-state index in [0.29, 0.717) is 0 Å². The first-order valence-corrected chi connectivity index (χ1v) is 5.82. The van der Waals surface area contributed by atoms with Gasteiger partial charge in [-0.3, -0.25) is 4.90 Å². The molecule has 1 aliphatic rings. The highest BCUT2D eigenvalue weighted by Gasteiger charge is 2.38. The van der Waals surface area contributed by atoms with E-state index in [1.165, 1.54) is 12.8 Å². The zero-order valence-electron chi connectivity index (χ0n) is 9.59. The molecule has 14 heavy (non-hydrogen) atoms. The lowest BCUT2D eigenvalue weighted by atomic mass is 9.95. The summed E-state index contributed by atoms with van der Waals surface area (Å²) < 4.78 is 5.50. The molecular weight excluding hydrogens is 176 g/mol. The van der Waals surface area contributed by atoms with Crippen LogP contribution in [0.2, 0.25) is 0 Å². The normalized spacial score (nSPS) is 27.4. The first kappa shape index (κ1) is 12.0. The lowest BCUT2D eigenvalue weighted by Crippen LogP contribution is -2.55. The highest BCUT2D eigenvalue weighted by Crippen LogP contribution is 2.25. The lowest BCUT2D eigenvalue weighted by molar-refractivity contribution is 0.0716. The van der Waals surface area contributed by atoms with Gasteiger partial charge in [-0.15, -0.1) is 0 Å². The molecule has 0 spiro atoms. The maximum atomic E-state index is 5.91. The van der Waals surface area contributed by atoms with E-state index < -0.39 is 0 Å². The fourth-order valence-corrected chi connectivity index (χ4v) is 2.26. The molecule has 1 saturated heterocycles. The molecule has 1 unspecified atom stereocenters. The quantitative estimate of drug-likeness (QED) is 0.701. The van der Waals surface area contributed by atoms with Crippen molar-refractivity contribution >= 4 is 0 Å². The Balaban J connectivity index is 2.61. The molecule has 1 heterocycles. The first-order chi connectivity index (χ1) is 6.79. The van der Waals surface area contributed by atoms with Gasteiger partial charge in [0.2, 0.25) is 0 Å². The lowest BCUT2D eigenvalue weighted by Gasteiger charge is -2.39. The van der Waals surface area contributed by atoms with Crippen LogP contribution in [0.3, 0.4) is 0 Å². The molecule has 1 atom stereocenters. The summed E-state index contributed by atoms with van der Waals surface area (Å²) in [4.78, 5) is 2.53. The number of nitrogens with zero attached hydrogens (tertiary/aromatic N) is 1. The van der Waals surface area contributed by atoms with Crippen molar-refractivity contribution in [2.75, 3.05) is 32.8 Å². The van der Waals surface area contributed by atoms with Crippen molar-refractivity contribution in [2.45, 2.75) is 38.6 Å². The van der Waals surface area contributed by atoms with Crippen molar-refractivity contribution in [1.29, 1.82) is 0 Å². The summed E-state index contributed by atoms with van der Waals surface area (Å²) in [6.07, 6.45) is 3.49. The van der Waals surface area contributed by atoms with Gasteiger partial charge in [0.05, 0.1) is 12.1 Å². The van der Waals surface area contributed by atoms with Gasteiger partial charge >= 0.3 is 0 Å². The van der Waals surface area contributed by atoms with Gasteiger partial charge in [0.25, 0.3) is 0 Å². The third kappa shape index (κ3) is 2.47. The maximum absolute atomic E-state index is 5.91. The second-order valence-electron chi connectivity index (χ2n) is 4.22. The van der Waals surface area contributed by atoms with Crippen LogP contribution in [0, 0.1) is 0 Å². The zero-order valence-corrected chi connectivity index (χ0v) is 9.59. The fourth-order valence-electron chi connectivity index (χ4n) is 2.26. The molecule has 0 amide bonds. The first-order valence-electron chi connectivity index (χ1n) is 5.82. The topological polar surface area (TPSA) is 38.5 Å². The van der Waals surface area contributed by atoms with E-state index in [9.17, 15) is 0 Å². The Morgan fingerprint density at radius 3 is 2.29 bits per heavy atom. The van der Waals surface area contributed by atoms with Crippen LogP contribution in [0.15, 0.2) is 0 Å². The van der Waals surface area contributed by atoms with E-state index in [1.54, 1.807) is 0 Å². The van der Waals surface area contributed by atoms with Gasteiger partial charge < -0.3 is 10.5 Å².